The van der Waals surface area contributed by atoms with E-state index in [0.29, 0.717) is 16.6 Å². The normalized spacial score (nSPS) is 11.0. The maximum atomic E-state index is 13.2. The molecule has 0 fully saturated rings. The Balaban J connectivity index is 2.16. The monoisotopic (exact) mass is 424 g/mol. The fourth-order valence-corrected chi connectivity index (χ4v) is 3.40. The number of nitrogens with two attached hydrogens (primary N) is 1. The Morgan fingerprint density at radius 1 is 1.22 bits per heavy atom. The largest absolute Gasteiger partial charge is 0.465 e. The van der Waals surface area contributed by atoms with Gasteiger partial charge >= 0.3 is 5.97 Å². The molecule has 27 heavy (non-hydrogen) atoms. The Morgan fingerprint density at radius 3 is 2.81 bits per heavy atom. The molecule has 8 heteroatoms. The van der Waals surface area contributed by atoms with Gasteiger partial charge in [0.05, 0.1) is 29.5 Å². The SMILES string of the molecule is COC(=O)c1c(N)c2ccc(Br)cc2n(-c2ccc3ncncc3c2)c1=O. The van der Waals surface area contributed by atoms with Gasteiger partial charge in [0.2, 0.25) is 0 Å². The molecule has 0 unspecified atom stereocenters. The molecule has 4 rings (SSSR count). The first-order valence-corrected chi connectivity index (χ1v) is 8.73. The topological polar surface area (TPSA) is 100 Å². The molecule has 7 nitrogen and oxygen atoms in total. The van der Waals surface area contributed by atoms with Crippen molar-refractivity contribution in [1.29, 1.82) is 0 Å². The predicted molar refractivity (Wildman–Crippen MR) is 106 cm³/mol. The summed E-state index contributed by atoms with van der Waals surface area (Å²) in [7, 11) is 1.21. The highest BCUT2D eigenvalue weighted by atomic mass is 79.9. The molecular formula is C19H13BrN4O3. The molecule has 2 aromatic carbocycles. The Bertz CT molecular complexity index is 1280. The highest BCUT2D eigenvalue weighted by Crippen LogP contribution is 2.28. The van der Waals surface area contributed by atoms with Gasteiger partial charge in [-0.1, -0.05) is 15.9 Å². The highest BCUT2D eigenvalue weighted by Gasteiger charge is 2.22. The second-order valence-electron chi connectivity index (χ2n) is 5.85. The number of anilines is 1. The molecule has 0 saturated carbocycles. The van der Waals surface area contributed by atoms with E-state index in [1.54, 1.807) is 42.6 Å². The number of benzene rings is 2. The van der Waals surface area contributed by atoms with Crippen LogP contribution in [0.1, 0.15) is 10.4 Å². The summed E-state index contributed by atoms with van der Waals surface area (Å²) in [6.07, 6.45) is 3.12. The van der Waals surface area contributed by atoms with Crippen LogP contribution in [-0.4, -0.2) is 27.6 Å². The summed E-state index contributed by atoms with van der Waals surface area (Å²) in [5.74, 6) is -0.778. The quantitative estimate of drug-likeness (QED) is 0.496. The van der Waals surface area contributed by atoms with Crippen LogP contribution in [0.2, 0.25) is 0 Å². The fourth-order valence-electron chi connectivity index (χ4n) is 3.06. The summed E-state index contributed by atoms with van der Waals surface area (Å²) in [4.78, 5) is 33.6. The molecular weight excluding hydrogens is 412 g/mol. The Morgan fingerprint density at radius 2 is 2.04 bits per heavy atom. The number of nitrogens with zero attached hydrogens (tertiary/aromatic N) is 3. The number of nitrogen functional groups attached to an aromatic ring is 1. The minimum atomic E-state index is -0.778. The van der Waals surface area contributed by atoms with Crippen molar-refractivity contribution in [1.82, 2.24) is 14.5 Å². The van der Waals surface area contributed by atoms with E-state index in [0.717, 1.165) is 15.4 Å². The number of pyridine rings is 1. The van der Waals surface area contributed by atoms with Crippen LogP contribution in [0.4, 0.5) is 5.69 Å². The lowest BCUT2D eigenvalue weighted by molar-refractivity contribution is 0.0600. The Hall–Kier alpha value is -3.26. The van der Waals surface area contributed by atoms with E-state index in [4.69, 9.17) is 10.5 Å². The molecule has 0 amide bonds. The third-order valence-electron chi connectivity index (χ3n) is 4.31. The van der Waals surface area contributed by atoms with E-state index < -0.39 is 11.5 Å². The van der Waals surface area contributed by atoms with Gasteiger partial charge in [-0.2, -0.15) is 0 Å². The summed E-state index contributed by atoms with van der Waals surface area (Å²) < 4.78 is 6.99. The zero-order valence-corrected chi connectivity index (χ0v) is 15.7. The van der Waals surface area contributed by atoms with Gasteiger partial charge in [0.1, 0.15) is 11.9 Å². The Labute approximate surface area is 161 Å². The van der Waals surface area contributed by atoms with Gasteiger partial charge in [-0.05, 0) is 36.4 Å². The molecule has 0 aliphatic heterocycles. The van der Waals surface area contributed by atoms with Crippen LogP contribution in [0.3, 0.4) is 0 Å². The van der Waals surface area contributed by atoms with Crippen LogP contribution in [0.25, 0.3) is 27.5 Å². The minimum absolute atomic E-state index is 0.0923. The van der Waals surface area contributed by atoms with Gasteiger partial charge in [0.25, 0.3) is 5.56 Å². The van der Waals surface area contributed by atoms with Gasteiger partial charge in [0, 0.05) is 21.4 Å². The predicted octanol–water partition coefficient (Wildman–Crippen LogP) is 3.07. The van der Waals surface area contributed by atoms with Crippen molar-refractivity contribution in [3.63, 3.8) is 0 Å². The smallest absolute Gasteiger partial charge is 0.345 e. The number of halogens is 1. The summed E-state index contributed by atoms with van der Waals surface area (Å²) >= 11 is 3.42. The van der Waals surface area contributed by atoms with Crippen LogP contribution in [-0.2, 0) is 4.74 Å². The van der Waals surface area contributed by atoms with Gasteiger partial charge in [-0.25, -0.2) is 14.8 Å². The van der Waals surface area contributed by atoms with Crippen LogP contribution in [0, 0.1) is 0 Å². The fraction of sp³-hybridized carbons (Fsp3) is 0.0526. The number of methoxy groups -OCH3 is 1. The van der Waals surface area contributed by atoms with Crippen molar-refractivity contribution in [2.75, 3.05) is 12.8 Å². The van der Waals surface area contributed by atoms with Gasteiger partial charge in [0.15, 0.2) is 0 Å². The van der Waals surface area contributed by atoms with Crippen molar-refractivity contribution >= 4 is 49.4 Å². The summed E-state index contributed by atoms with van der Waals surface area (Å²) in [5, 5.41) is 1.34. The number of ether oxygens (including phenoxy) is 1. The van der Waals surface area contributed by atoms with E-state index in [1.165, 1.54) is 18.0 Å². The first-order chi connectivity index (χ1) is 13.0. The second-order valence-corrected chi connectivity index (χ2v) is 6.76. The van der Waals surface area contributed by atoms with Gasteiger partial charge in [-0.15, -0.1) is 0 Å². The number of hydrogen-bond acceptors (Lipinski definition) is 6. The second kappa shape index (κ2) is 6.48. The lowest BCUT2D eigenvalue weighted by atomic mass is 10.1. The third kappa shape index (κ3) is 2.74. The zero-order chi connectivity index (χ0) is 19.1. The van der Waals surface area contributed by atoms with E-state index in [1.807, 2.05) is 0 Å². The number of fused-ring (bicyclic) bond motifs is 2. The number of esters is 1. The number of aromatic nitrogens is 3. The van der Waals surface area contributed by atoms with E-state index in [-0.39, 0.29) is 11.3 Å². The van der Waals surface area contributed by atoms with Crippen LogP contribution < -0.4 is 11.3 Å². The maximum Gasteiger partial charge on any atom is 0.345 e. The third-order valence-corrected chi connectivity index (χ3v) is 4.81. The lowest BCUT2D eigenvalue weighted by Gasteiger charge is -2.15. The van der Waals surface area contributed by atoms with E-state index >= 15 is 0 Å². The average Bonchev–Trinajstić information content (AvgIpc) is 2.67. The first kappa shape index (κ1) is 17.2. The molecule has 2 heterocycles. The molecule has 2 N–H and O–H groups in total. The molecule has 0 saturated heterocycles. The molecule has 0 aliphatic carbocycles. The zero-order valence-electron chi connectivity index (χ0n) is 14.1. The highest BCUT2D eigenvalue weighted by molar-refractivity contribution is 9.10. The van der Waals surface area contributed by atoms with Crippen LogP contribution in [0.5, 0.6) is 0 Å². The number of hydrogen-bond donors (Lipinski definition) is 1. The summed E-state index contributed by atoms with van der Waals surface area (Å²) in [5.41, 5.74) is 7.35. The molecule has 0 atom stereocenters. The molecule has 0 spiro atoms. The van der Waals surface area contributed by atoms with Crippen molar-refractivity contribution in [3.8, 4) is 5.69 Å². The van der Waals surface area contributed by atoms with Gasteiger partial charge in [-0.3, -0.25) is 9.36 Å². The lowest BCUT2D eigenvalue weighted by Crippen LogP contribution is -2.28. The van der Waals surface area contributed by atoms with Crippen molar-refractivity contribution in [2.45, 2.75) is 0 Å². The van der Waals surface area contributed by atoms with E-state index in [2.05, 4.69) is 25.9 Å². The molecule has 0 aliphatic rings. The first-order valence-electron chi connectivity index (χ1n) is 7.93. The van der Waals surface area contributed by atoms with Crippen molar-refractivity contribution < 1.29 is 9.53 Å². The molecule has 2 aromatic heterocycles. The number of carbonyl (C=O) groups is 1. The maximum absolute atomic E-state index is 13.2. The average molecular weight is 425 g/mol. The molecule has 4 aromatic rings. The minimum Gasteiger partial charge on any atom is -0.465 e. The van der Waals surface area contributed by atoms with Crippen LogP contribution in [0.15, 0.2) is 58.2 Å². The number of carbonyl (C=O) groups excluding carboxylic acids is 1. The van der Waals surface area contributed by atoms with Gasteiger partial charge < -0.3 is 10.5 Å². The summed E-state index contributed by atoms with van der Waals surface area (Å²) in [6, 6.07) is 10.7. The van der Waals surface area contributed by atoms with Crippen LogP contribution >= 0.6 is 15.9 Å². The Kier molecular flexibility index (Phi) is 4.12. The summed E-state index contributed by atoms with van der Waals surface area (Å²) in [6.45, 7) is 0. The van der Waals surface area contributed by atoms with Crippen molar-refractivity contribution in [3.05, 3.63) is 69.3 Å². The molecule has 0 bridgehead atoms. The molecule has 0 radical (unpaired) electrons. The standard InChI is InChI=1S/C19H13BrN4O3/c1-27-19(26)16-17(21)13-4-2-11(20)7-15(13)24(18(16)25)12-3-5-14-10(6-12)8-22-9-23-14/h2-9H,21H2,1H3. The molecule has 134 valence electrons. The van der Waals surface area contributed by atoms with Crippen molar-refractivity contribution in [2.24, 2.45) is 0 Å². The number of rotatable bonds is 2. The van der Waals surface area contributed by atoms with E-state index in [9.17, 15) is 9.59 Å².